The van der Waals surface area contributed by atoms with E-state index in [1.807, 2.05) is 42.5 Å². The second-order valence-electron chi connectivity index (χ2n) is 5.23. The van der Waals surface area contributed by atoms with Gasteiger partial charge >= 0.3 is 0 Å². The van der Waals surface area contributed by atoms with Gasteiger partial charge in [-0.05, 0) is 36.4 Å². The third-order valence-corrected chi connectivity index (χ3v) is 4.56. The molecule has 6 heteroatoms. The number of benzene rings is 2. The van der Waals surface area contributed by atoms with E-state index in [1.165, 1.54) is 0 Å². The van der Waals surface area contributed by atoms with Gasteiger partial charge < -0.3 is 14.1 Å². The van der Waals surface area contributed by atoms with Crippen molar-refractivity contribution in [2.24, 2.45) is 0 Å². The standard InChI is InChI=1S/C18H12Cl2N2O2/c1-23-10-5-6-13-14(9-10)22-18(21-13)16-8-7-15(24-16)11-3-2-4-12(19)17(11)20/h2-9H,1H3,(H,21,22). The zero-order chi connectivity index (χ0) is 16.7. The van der Waals surface area contributed by atoms with Crippen molar-refractivity contribution >= 4 is 34.2 Å². The number of methoxy groups -OCH3 is 1. The Labute approximate surface area is 148 Å². The number of ether oxygens (including phenoxy) is 1. The molecule has 2 heterocycles. The van der Waals surface area contributed by atoms with E-state index in [1.54, 1.807) is 13.2 Å². The van der Waals surface area contributed by atoms with Crippen LogP contribution in [0.25, 0.3) is 33.9 Å². The lowest BCUT2D eigenvalue weighted by molar-refractivity contribution is 0.415. The van der Waals surface area contributed by atoms with Crippen LogP contribution in [0.3, 0.4) is 0 Å². The second-order valence-corrected chi connectivity index (χ2v) is 6.02. The highest BCUT2D eigenvalue weighted by atomic mass is 35.5. The molecule has 24 heavy (non-hydrogen) atoms. The van der Waals surface area contributed by atoms with Gasteiger partial charge in [0, 0.05) is 11.6 Å². The number of aromatic nitrogens is 2. The van der Waals surface area contributed by atoms with Gasteiger partial charge in [-0.2, -0.15) is 0 Å². The van der Waals surface area contributed by atoms with Crippen molar-refractivity contribution in [3.63, 3.8) is 0 Å². The first-order valence-electron chi connectivity index (χ1n) is 7.24. The Hall–Kier alpha value is -2.43. The van der Waals surface area contributed by atoms with Crippen LogP contribution in [0.4, 0.5) is 0 Å². The van der Waals surface area contributed by atoms with Crippen LogP contribution in [0.5, 0.6) is 5.75 Å². The maximum atomic E-state index is 6.25. The van der Waals surface area contributed by atoms with E-state index in [9.17, 15) is 0 Å². The average Bonchev–Trinajstić information content (AvgIpc) is 3.23. The number of halogens is 2. The van der Waals surface area contributed by atoms with Gasteiger partial charge in [-0.3, -0.25) is 0 Å². The fraction of sp³-hybridized carbons (Fsp3) is 0.0556. The highest BCUT2D eigenvalue weighted by molar-refractivity contribution is 6.43. The summed E-state index contributed by atoms with van der Waals surface area (Å²) in [6.45, 7) is 0. The van der Waals surface area contributed by atoms with Gasteiger partial charge in [0.1, 0.15) is 11.5 Å². The number of hydrogen-bond acceptors (Lipinski definition) is 3. The SMILES string of the molecule is COc1ccc2nc(-c3ccc(-c4cccc(Cl)c4Cl)o3)[nH]c2c1. The third kappa shape index (κ3) is 2.54. The van der Waals surface area contributed by atoms with Crippen molar-refractivity contribution in [1.82, 2.24) is 9.97 Å². The Morgan fingerprint density at radius 3 is 2.71 bits per heavy atom. The van der Waals surface area contributed by atoms with Crippen molar-refractivity contribution in [2.75, 3.05) is 7.11 Å². The van der Waals surface area contributed by atoms with Gasteiger partial charge in [-0.25, -0.2) is 4.98 Å². The summed E-state index contributed by atoms with van der Waals surface area (Å²) in [7, 11) is 1.63. The molecule has 0 saturated heterocycles. The van der Waals surface area contributed by atoms with Crippen LogP contribution < -0.4 is 4.74 Å². The molecule has 0 radical (unpaired) electrons. The summed E-state index contributed by atoms with van der Waals surface area (Å²) in [6.07, 6.45) is 0. The van der Waals surface area contributed by atoms with Gasteiger partial charge in [0.15, 0.2) is 11.6 Å². The minimum absolute atomic E-state index is 0.467. The van der Waals surface area contributed by atoms with E-state index in [0.29, 0.717) is 27.4 Å². The Bertz CT molecular complexity index is 1040. The van der Waals surface area contributed by atoms with Gasteiger partial charge in [-0.1, -0.05) is 29.3 Å². The van der Waals surface area contributed by atoms with Crippen molar-refractivity contribution in [3.05, 3.63) is 58.6 Å². The Balaban J connectivity index is 1.76. The number of imidazole rings is 1. The van der Waals surface area contributed by atoms with Crippen LogP contribution in [0.1, 0.15) is 0 Å². The predicted molar refractivity (Wildman–Crippen MR) is 95.8 cm³/mol. The van der Waals surface area contributed by atoms with Crippen LogP contribution >= 0.6 is 23.2 Å². The maximum absolute atomic E-state index is 6.25. The summed E-state index contributed by atoms with van der Waals surface area (Å²) in [5.74, 6) is 2.66. The molecule has 0 atom stereocenters. The summed E-state index contributed by atoms with van der Waals surface area (Å²) in [4.78, 5) is 7.77. The molecule has 120 valence electrons. The van der Waals surface area contributed by atoms with E-state index in [2.05, 4.69) is 9.97 Å². The first-order valence-corrected chi connectivity index (χ1v) is 7.99. The van der Waals surface area contributed by atoms with Crippen LogP contribution in [0.15, 0.2) is 52.9 Å². The molecule has 4 nitrogen and oxygen atoms in total. The number of nitrogens with zero attached hydrogens (tertiary/aromatic N) is 1. The fourth-order valence-electron chi connectivity index (χ4n) is 2.54. The zero-order valence-electron chi connectivity index (χ0n) is 12.6. The molecule has 0 bridgehead atoms. The molecule has 4 aromatic rings. The number of aromatic amines is 1. The summed E-state index contributed by atoms with van der Waals surface area (Å²) in [5.41, 5.74) is 2.46. The first kappa shape index (κ1) is 15.1. The Morgan fingerprint density at radius 2 is 1.88 bits per heavy atom. The average molecular weight is 359 g/mol. The molecule has 0 unspecified atom stereocenters. The van der Waals surface area contributed by atoms with E-state index in [0.717, 1.165) is 22.3 Å². The topological polar surface area (TPSA) is 51.1 Å². The van der Waals surface area contributed by atoms with Gasteiger partial charge in [0.05, 0.1) is 28.2 Å². The van der Waals surface area contributed by atoms with E-state index < -0.39 is 0 Å². The molecule has 0 aliphatic rings. The van der Waals surface area contributed by atoms with Crippen molar-refractivity contribution in [2.45, 2.75) is 0 Å². The maximum Gasteiger partial charge on any atom is 0.174 e. The normalized spacial score (nSPS) is 11.1. The molecule has 0 spiro atoms. The first-order chi connectivity index (χ1) is 11.7. The Kier molecular flexibility index (Phi) is 3.71. The van der Waals surface area contributed by atoms with Gasteiger partial charge in [0.2, 0.25) is 0 Å². The van der Waals surface area contributed by atoms with Crippen LogP contribution in [-0.2, 0) is 0 Å². The summed E-state index contributed by atoms with van der Waals surface area (Å²) in [5, 5.41) is 0.956. The quantitative estimate of drug-likeness (QED) is 0.503. The molecular formula is C18H12Cl2N2O2. The number of rotatable bonds is 3. The van der Waals surface area contributed by atoms with Gasteiger partial charge in [0.25, 0.3) is 0 Å². The Morgan fingerprint density at radius 1 is 1.04 bits per heavy atom. The number of fused-ring (bicyclic) bond motifs is 1. The molecule has 1 N–H and O–H groups in total. The van der Waals surface area contributed by atoms with E-state index in [-0.39, 0.29) is 0 Å². The summed E-state index contributed by atoms with van der Waals surface area (Å²) < 4.78 is 11.1. The lowest BCUT2D eigenvalue weighted by atomic mass is 10.2. The van der Waals surface area contributed by atoms with E-state index >= 15 is 0 Å². The fourth-order valence-corrected chi connectivity index (χ4v) is 2.93. The minimum atomic E-state index is 0.467. The zero-order valence-corrected chi connectivity index (χ0v) is 14.2. The molecule has 0 aliphatic carbocycles. The monoisotopic (exact) mass is 358 g/mol. The molecule has 2 aromatic carbocycles. The smallest absolute Gasteiger partial charge is 0.174 e. The molecule has 4 rings (SSSR count). The molecule has 0 fully saturated rings. The largest absolute Gasteiger partial charge is 0.497 e. The molecule has 0 amide bonds. The third-order valence-electron chi connectivity index (χ3n) is 3.75. The number of H-pyrrole nitrogens is 1. The van der Waals surface area contributed by atoms with E-state index in [4.69, 9.17) is 32.4 Å². The van der Waals surface area contributed by atoms with Crippen LogP contribution in [0, 0.1) is 0 Å². The molecule has 0 aliphatic heterocycles. The van der Waals surface area contributed by atoms with Crippen molar-refractivity contribution < 1.29 is 9.15 Å². The molecule has 2 aromatic heterocycles. The minimum Gasteiger partial charge on any atom is -0.497 e. The predicted octanol–water partition coefficient (Wildman–Crippen LogP) is 5.81. The second kappa shape index (κ2) is 5.89. The lowest BCUT2D eigenvalue weighted by Crippen LogP contribution is -1.81. The number of furan rings is 1. The van der Waals surface area contributed by atoms with Crippen molar-refractivity contribution in [1.29, 1.82) is 0 Å². The van der Waals surface area contributed by atoms with Gasteiger partial charge in [-0.15, -0.1) is 0 Å². The highest BCUT2D eigenvalue weighted by Crippen LogP contribution is 2.36. The molecule has 0 saturated carbocycles. The number of nitrogens with one attached hydrogen (secondary N) is 1. The number of hydrogen-bond donors (Lipinski definition) is 1. The van der Waals surface area contributed by atoms with Crippen LogP contribution in [-0.4, -0.2) is 17.1 Å². The van der Waals surface area contributed by atoms with Crippen LogP contribution in [0.2, 0.25) is 10.0 Å². The summed E-state index contributed by atoms with van der Waals surface area (Å²) in [6, 6.07) is 14.8. The molecular weight excluding hydrogens is 347 g/mol. The van der Waals surface area contributed by atoms with Crippen molar-refractivity contribution in [3.8, 4) is 28.7 Å². The lowest BCUT2D eigenvalue weighted by Gasteiger charge is -2.02. The highest BCUT2D eigenvalue weighted by Gasteiger charge is 2.14. The summed E-state index contributed by atoms with van der Waals surface area (Å²) >= 11 is 12.3.